The van der Waals surface area contributed by atoms with Gasteiger partial charge in [-0.1, -0.05) is 0 Å². The zero-order valence-corrected chi connectivity index (χ0v) is 10.0. The fraction of sp³-hybridized carbons (Fsp3) is 0.667. The van der Waals surface area contributed by atoms with E-state index < -0.39 is 0 Å². The lowest BCUT2D eigenvalue weighted by Gasteiger charge is -2.26. The van der Waals surface area contributed by atoms with Crippen LogP contribution in [0.25, 0.3) is 0 Å². The van der Waals surface area contributed by atoms with Crippen molar-refractivity contribution in [3.63, 3.8) is 0 Å². The summed E-state index contributed by atoms with van der Waals surface area (Å²) in [5, 5.41) is 13.1. The molecule has 0 bridgehead atoms. The van der Waals surface area contributed by atoms with Gasteiger partial charge in [0.15, 0.2) is 0 Å². The van der Waals surface area contributed by atoms with Gasteiger partial charge in [0, 0.05) is 22.3 Å². The molecule has 1 aromatic rings. The van der Waals surface area contributed by atoms with E-state index in [1.807, 2.05) is 11.3 Å². The lowest BCUT2D eigenvalue weighted by atomic mass is 9.93. The molecule has 0 aromatic carbocycles. The van der Waals surface area contributed by atoms with Crippen LogP contribution in [0.4, 0.5) is 0 Å². The van der Waals surface area contributed by atoms with Gasteiger partial charge in [0.05, 0.1) is 6.10 Å². The summed E-state index contributed by atoms with van der Waals surface area (Å²) in [5.74, 6) is 0. The van der Waals surface area contributed by atoms with Crippen molar-refractivity contribution in [1.82, 2.24) is 5.32 Å². The molecule has 2 rings (SSSR count). The molecule has 2 atom stereocenters. The van der Waals surface area contributed by atoms with E-state index in [4.69, 9.17) is 0 Å². The highest BCUT2D eigenvalue weighted by molar-refractivity contribution is 7.11. The molecule has 0 saturated heterocycles. The number of thiophene rings is 1. The molecule has 1 aromatic heterocycles. The van der Waals surface area contributed by atoms with Crippen LogP contribution in [0.15, 0.2) is 12.1 Å². The first-order valence-electron chi connectivity index (χ1n) is 5.71. The Morgan fingerprint density at radius 1 is 1.47 bits per heavy atom. The van der Waals surface area contributed by atoms with Crippen LogP contribution < -0.4 is 5.32 Å². The van der Waals surface area contributed by atoms with Gasteiger partial charge in [-0.15, -0.1) is 11.3 Å². The van der Waals surface area contributed by atoms with Gasteiger partial charge < -0.3 is 10.4 Å². The molecule has 1 heterocycles. The predicted molar refractivity (Wildman–Crippen MR) is 64.2 cm³/mol. The van der Waals surface area contributed by atoms with Crippen LogP contribution in [0.1, 0.15) is 35.4 Å². The lowest BCUT2D eigenvalue weighted by molar-refractivity contribution is 0.111. The van der Waals surface area contributed by atoms with Crippen molar-refractivity contribution in [1.29, 1.82) is 0 Å². The molecule has 0 aliphatic heterocycles. The highest BCUT2D eigenvalue weighted by Gasteiger charge is 2.19. The molecule has 3 heteroatoms. The fourth-order valence-electron chi connectivity index (χ4n) is 2.17. The highest BCUT2D eigenvalue weighted by Crippen LogP contribution is 2.20. The van der Waals surface area contributed by atoms with E-state index in [1.165, 1.54) is 16.2 Å². The van der Waals surface area contributed by atoms with E-state index in [0.29, 0.717) is 6.04 Å². The number of aliphatic hydroxyl groups is 1. The zero-order chi connectivity index (χ0) is 10.7. The van der Waals surface area contributed by atoms with Crippen molar-refractivity contribution in [3.05, 3.63) is 21.9 Å². The van der Waals surface area contributed by atoms with E-state index >= 15 is 0 Å². The fourth-order valence-corrected chi connectivity index (χ4v) is 3.02. The maximum atomic E-state index is 9.54. The normalized spacial score (nSPS) is 26.8. The molecule has 1 aliphatic carbocycles. The Balaban J connectivity index is 1.77. The van der Waals surface area contributed by atoms with Crippen molar-refractivity contribution in [2.45, 2.75) is 51.3 Å². The third-order valence-corrected chi connectivity index (χ3v) is 4.01. The summed E-state index contributed by atoms with van der Waals surface area (Å²) in [6, 6.07) is 4.86. The van der Waals surface area contributed by atoms with Crippen LogP contribution in [-0.2, 0) is 6.54 Å². The summed E-state index contributed by atoms with van der Waals surface area (Å²) >= 11 is 1.85. The van der Waals surface area contributed by atoms with Gasteiger partial charge in [0.25, 0.3) is 0 Å². The zero-order valence-electron chi connectivity index (χ0n) is 9.20. The number of nitrogens with one attached hydrogen (secondary N) is 1. The maximum Gasteiger partial charge on any atom is 0.0555 e. The van der Waals surface area contributed by atoms with E-state index in [1.54, 1.807) is 0 Å². The minimum absolute atomic E-state index is 0.0821. The molecule has 1 saturated carbocycles. The monoisotopic (exact) mass is 225 g/mol. The summed E-state index contributed by atoms with van der Waals surface area (Å²) in [6.45, 7) is 3.09. The smallest absolute Gasteiger partial charge is 0.0555 e. The number of hydrogen-bond donors (Lipinski definition) is 2. The van der Waals surface area contributed by atoms with E-state index in [-0.39, 0.29) is 6.10 Å². The van der Waals surface area contributed by atoms with Crippen molar-refractivity contribution in [3.8, 4) is 0 Å². The first-order valence-corrected chi connectivity index (χ1v) is 6.52. The molecule has 84 valence electrons. The van der Waals surface area contributed by atoms with Gasteiger partial charge in [0.2, 0.25) is 0 Å². The first-order chi connectivity index (χ1) is 7.24. The minimum Gasteiger partial charge on any atom is -0.393 e. The summed E-state index contributed by atoms with van der Waals surface area (Å²) in [6.07, 6.45) is 4.19. The number of aryl methyl sites for hydroxylation is 1. The number of rotatable bonds is 3. The molecule has 2 unspecified atom stereocenters. The number of hydrogen-bond acceptors (Lipinski definition) is 3. The quantitative estimate of drug-likeness (QED) is 0.828. The van der Waals surface area contributed by atoms with Gasteiger partial charge in [-0.2, -0.15) is 0 Å². The second-order valence-electron chi connectivity index (χ2n) is 4.41. The van der Waals surface area contributed by atoms with Gasteiger partial charge in [-0.05, 0) is 44.7 Å². The second kappa shape index (κ2) is 5.10. The van der Waals surface area contributed by atoms with Crippen molar-refractivity contribution in [2.24, 2.45) is 0 Å². The van der Waals surface area contributed by atoms with Crippen molar-refractivity contribution < 1.29 is 5.11 Å². The van der Waals surface area contributed by atoms with Crippen molar-refractivity contribution >= 4 is 11.3 Å². The Bertz CT molecular complexity index is 310. The van der Waals surface area contributed by atoms with Gasteiger partial charge in [-0.25, -0.2) is 0 Å². The van der Waals surface area contributed by atoms with Crippen LogP contribution in [0.2, 0.25) is 0 Å². The average molecular weight is 225 g/mol. The first kappa shape index (κ1) is 11.1. The van der Waals surface area contributed by atoms with Crippen LogP contribution in [-0.4, -0.2) is 17.3 Å². The van der Waals surface area contributed by atoms with E-state index in [9.17, 15) is 5.11 Å². The molecular formula is C12H19NOS. The molecule has 0 spiro atoms. The topological polar surface area (TPSA) is 32.3 Å². The van der Waals surface area contributed by atoms with Crippen LogP contribution >= 0.6 is 11.3 Å². The molecule has 2 N–H and O–H groups in total. The summed E-state index contributed by atoms with van der Waals surface area (Å²) in [7, 11) is 0. The summed E-state index contributed by atoms with van der Waals surface area (Å²) in [5.41, 5.74) is 0. The molecular weight excluding hydrogens is 206 g/mol. The Morgan fingerprint density at radius 3 is 3.00 bits per heavy atom. The third-order valence-electron chi connectivity index (χ3n) is 3.01. The predicted octanol–water partition coefficient (Wildman–Crippen LogP) is 2.45. The average Bonchev–Trinajstić information content (AvgIpc) is 2.62. The lowest BCUT2D eigenvalue weighted by Crippen LogP contribution is -2.35. The van der Waals surface area contributed by atoms with Gasteiger partial charge in [0.1, 0.15) is 0 Å². The SMILES string of the molecule is Cc1ccc(CNC2CCCC(O)C2)s1. The van der Waals surface area contributed by atoms with Gasteiger partial charge >= 0.3 is 0 Å². The third kappa shape index (κ3) is 3.30. The second-order valence-corrected chi connectivity index (χ2v) is 5.78. The van der Waals surface area contributed by atoms with Crippen LogP contribution in [0.3, 0.4) is 0 Å². The van der Waals surface area contributed by atoms with Crippen molar-refractivity contribution in [2.75, 3.05) is 0 Å². The van der Waals surface area contributed by atoms with E-state index in [0.717, 1.165) is 25.8 Å². The van der Waals surface area contributed by atoms with Crippen LogP contribution in [0.5, 0.6) is 0 Å². The molecule has 15 heavy (non-hydrogen) atoms. The maximum absolute atomic E-state index is 9.54. The van der Waals surface area contributed by atoms with Crippen LogP contribution in [0, 0.1) is 6.92 Å². The number of aliphatic hydroxyl groups excluding tert-OH is 1. The molecule has 2 nitrogen and oxygen atoms in total. The molecule has 0 amide bonds. The largest absolute Gasteiger partial charge is 0.393 e. The molecule has 0 radical (unpaired) electrons. The van der Waals surface area contributed by atoms with Gasteiger partial charge in [-0.3, -0.25) is 0 Å². The summed E-state index contributed by atoms with van der Waals surface area (Å²) in [4.78, 5) is 2.77. The highest BCUT2D eigenvalue weighted by atomic mass is 32.1. The Morgan fingerprint density at radius 2 is 2.33 bits per heavy atom. The standard InChI is InChI=1S/C12H19NOS/c1-9-5-6-12(15-9)8-13-10-3-2-4-11(14)7-10/h5-6,10-11,13-14H,2-4,7-8H2,1H3. The van der Waals surface area contributed by atoms with E-state index in [2.05, 4.69) is 24.4 Å². The minimum atomic E-state index is -0.0821. The summed E-state index contributed by atoms with van der Waals surface area (Å²) < 4.78 is 0. The molecule has 1 fully saturated rings. The molecule has 1 aliphatic rings. The Hall–Kier alpha value is -0.380. The Labute approximate surface area is 95.3 Å². The Kier molecular flexibility index (Phi) is 3.78.